The molecule has 1 aromatic rings. The van der Waals surface area contributed by atoms with Crippen LogP contribution in [0.5, 0.6) is 0 Å². The van der Waals surface area contributed by atoms with E-state index in [9.17, 15) is 4.79 Å². The maximum absolute atomic E-state index is 10.6. The molecule has 1 rings (SSSR count). The number of rotatable bonds is 3. The molecule has 0 saturated heterocycles. The second-order valence-corrected chi connectivity index (χ2v) is 3.02. The molecule has 0 aliphatic rings. The number of benzene rings is 1. The van der Waals surface area contributed by atoms with Crippen molar-refractivity contribution in [3.05, 3.63) is 35.4 Å². The Bertz CT molecular complexity index is 310. The van der Waals surface area contributed by atoms with Crippen molar-refractivity contribution in [2.75, 3.05) is 14.1 Å². The summed E-state index contributed by atoms with van der Waals surface area (Å²) in [4.78, 5) is 12.4. The van der Waals surface area contributed by atoms with Crippen LogP contribution in [-0.4, -0.2) is 30.0 Å². The summed E-state index contributed by atoms with van der Waals surface area (Å²) in [7, 11) is 2.08. The van der Waals surface area contributed by atoms with Gasteiger partial charge in [0.05, 0.1) is 5.56 Å². The van der Waals surface area contributed by atoms with Gasteiger partial charge in [-0.2, -0.15) is 0 Å². The van der Waals surface area contributed by atoms with Gasteiger partial charge in [0, 0.05) is 7.92 Å². The lowest BCUT2D eigenvalue weighted by Gasteiger charge is -2.09. The number of carboxylic acid groups (broad SMARTS) is 1. The van der Waals surface area contributed by atoms with E-state index in [1.807, 2.05) is 11.9 Å². The molecule has 0 heterocycles. The molecule has 1 aromatic carbocycles. The zero-order chi connectivity index (χ0) is 10.6. The van der Waals surface area contributed by atoms with Gasteiger partial charge in [0.15, 0.2) is 0 Å². The van der Waals surface area contributed by atoms with Gasteiger partial charge in [-0.3, -0.25) is 0 Å². The predicted molar refractivity (Wildman–Crippen MR) is 50.8 cm³/mol. The van der Waals surface area contributed by atoms with Crippen molar-refractivity contribution < 1.29 is 11.3 Å². The van der Waals surface area contributed by atoms with Crippen LogP contribution in [0.3, 0.4) is 0 Å². The molecule has 13 heavy (non-hydrogen) atoms. The van der Waals surface area contributed by atoms with Gasteiger partial charge in [-0.1, -0.05) is 12.1 Å². The van der Waals surface area contributed by atoms with Gasteiger partial charge in [-0.25, -0.2) is 4.79 Å². The average Bonchev–Trinajstić information content (AvgIpc) is 2.18. The molecule has 0 aliphatic heterocycles. The fraction of sp³-hybridized carbons (Fsp3) is 0.300. The zero-order valence-electron chi connectivity index (χ0n) is 8.53. The Morgan fingerprint density at radius 2 is 2.15 bits per heavy atom. The zero-order valence-corrected chi connectivity index (χ0v) is 7.53. The summed E-state index contributed by atoms with van der Waals surface area (Å²) in [6, 6.07) is 6.70. The highest BCUT2D eigenvalue weighted by Crippen LogP contribution is 2.05. The van der Waals surface area contributed by atoms with E-state index in [2.05, 4.69) is 0 Å². The van der Waals surface area contributed by atoms with Crippen molar-refractivity contribution in [2.24, 2.45) is 0 Å². The maximum atomic E-state index is 10.6. The van der Waals surface area contributed by atoms with Crippen LogP contribution < -0.4 is 0 Å². The molecule has 0 spiro atoms. The minimum Gasteiger partial charge on any atom is -0.478 e. The van der Waals surface area contributed by atoms with Crippen LogP contribution in [0.2, 0.25) is 0 Å². The topological polar surface area (TPSA) is 40.5 Å². The normalized spacial score (nSPS) is 11.4. The van der Waals surface area contributed by atoms with Crippen LogP contribution in [0.25, 0.3) is 0 Å². The number of hydrogen-bond donors (Lipinski definition) is 1. The van der Waals surface area contributed by atoms with Crippen LogP contribution in [0.1, 0.15) is 17.3 Å². The standard InChI is InChI=1S/C10H13NO2/c1-11(2)7-8-3-5-9(6-4-8)10(12)13/h3-6H,7H2,1-2H3,(H,12,13)/i1D. The molecule has 0 aliphatic carbocycles. The summed E-state index contributed by atoms with van der Waals surface area (Å²) in [5.41, 5.74) is 1.31. The van der Waals surface area contributed by atoms with Crippen LogP contribution >= 0.6 is 0 Å². The van der Waals surface area contributed by atoms with Crippen molar-refractivity contribution in [3.8, 4) is 0 Å². The molecule has 3 nitrogen and oxygen atoms in total. The van der Waals surface area contributed by atoms with Crippen LogP contribution in [-0.2, 0) is 6.54 Å². The van der Waals surface area contributed by atoms with Gasteiger partial charge in [-0.15, -0.1) is 0 Å². The fourth-order valence-corrected chi connectivity index (χ4v) is 1.06. The molecule has 0 radical (unpaired) electrons. The number of carbonyl (C=O) groups is 1. The Balaban J connectivity index is 2.68. The first kappa shape index (κ1) is 8.26. The van der Waals surface area contributed by atoms with Crippen molar-refractivity contribution in [1.82, 2.24) is 4.90 Å². The molecule has 0 atom stereocenters. The van der Waals surface area contributed by atoms with E-state index >= 15 is 0 Å². The molecule has 70 valence electrons. The maximum Gasteiger partial charge on any atom is 0.335 e. The minimum absolute atomic E-state index is 0.237. The van der Waals surface area contributed by atoms with Crippen molar-refractivity contribution in [1.29, 1.82) is 0 Å². The van der Waals surface area contributed by atoms with E-state index in [1.54, 1.807) is 24.3 Å². The highest BCUT2D eigenvalue weighted by Gasteiger charge is 2.01. The van der Waals surface area contributed by atoms with E-state index in [1.165, 1.54) is 0 Å². The van der Waals surface area contributed by atoms with Gasteiger partial charge in [0.25, 0.3) is 0 Å². The van der Waals surface area contributed by atoms with Crippen molar-refractivity contribution in [3.63, 3.8) is 0 Å². The lowest BCUT2D eigenvalue weighted by atomic mass is 10.1. The quantitative estimate of drug-likeness (QED) is 0.765. The Kier molecular flexibility index (Phi) is 2.57. The lowest BCUT2D eigenvalue weighted by Crippen LogP contribution is -2.10. The van der Waals surface area contributed by atoms with E-state index in [4.69, 9.17) is 6.48 Å². The number of hydrogen-bond acceptors (Lipinski definition) is 2. The first-order valence-corrected chi connectivity index (χ1v) is 3.93. The minimum atomic E-state index is -0.912. The van der Waals surface area contributed by atoms with Crippen molar-refractivity contribution in [2.45, 2.75) is 6.54 Å². The highest BCUT2D eigenvalue weighted by atomic mass is 16.4. The summed E-state index contributed by atoms with van der Waals surface area (Å²) >= 11 is 0. The third-order valence-corrected chi connectivity index (χ3v) is 1.65. The molecule has 0 fully saturated rings. The molecule has 0 saturated carbocycles. The first-order chi connectivity index (χ1) is 6.63. The van der Waals surface area contributed by atoms with Crippen LogP contribution in [0.4, 0.5) is 0 Å². The summed E-state index contributed by atoms with van der Waals surface area (Å²) in [6.07, 6.45) is 0. The van der Waals surface area contributed by atoms with Crippen LogP contribution in [0.15, 0.2) is 24.3 Å². The third-order valence-electron chi connectivity index (χ3n) is 1.65. The molecule has 0 amide bonds. The number of aromatic carboxylic acids is 1. The second kappa shape index (κ2) is 4.05. The molecular weight excluding hydrogens is 166 g/mol. The molecular formula is C10H13NO2. The highest BCUT2D eigenvalue weighted by molar-refractivity contribution is 5.87. The molecule has 0 bridgehead atoms. The van der Waals surface area contributed by atoms with Gasteiger partial charge < -0.3 is 10.0 Å². The number of carboxylic acids is 1. The van der Waals surface area contributed by atoms with E-state index < -0.39 is 5.97 Å². The molecule has 0 aromatic heterocycles. The Morgan fingerprint density at radius 1 is 1.54 bits per heavy atom. The summed E-state index contributed by atoms with van der Waals surface area (Å²) in [5, 5.41) is 8.66. The first-order valence-electron chi connectivity index (χ1n) is 4.64. The van der Waals surface area contributed by atoms with E-state index in [-0.39, 0.29) is 7.02 Å². The fourth-order valence-electron chi connectivity index (χ4n) is 1.06. The Hall–Kier alpha value is -1.35. The molecule has 3 heteroatoms. The van der Waals surface area contributed by atoms with Crippen molar-refractivity contribution >= 4 is 5.97 Å². The molecule has 0 unspecified atom stereocenters. The Labute approximate surface area is 79.0 Å². The van der Waals surface area contributed by atoms with E-state index in [0.717, 1.165) is 5.56 Å². The Morgan fingerprint density at radius 3 is 2.62 bits per heavy atom. The monoisotopic (exact) mass is 180 g/mol. The van der Waals surface area contributed by atoms with Gasteiger partial charge in [0.1, 0.15) is 0 Å². The van der Waals surface area contributed by atoms with E-state index in [0.29, 0.717) is 12.1 Å². The largest absolute Gasteiger partial charge is 0.478 e. The van der Waals surface area contributed by atoms with Gasteiger partial charge in [0.2, 0.25) is 0 Å². The van der Waals surface area contributed by atoms with Gasteiger partial charge >= 0.3 is 5.97 Å². The average molecular weight is 180 g/mol. The summed E-state index contributed by atoms with van der Waals surface area (Å²) in [5.74, 6) is -0.912. The second-order valence-electron chi connectivity index (χ2n) is 3.02. The number of nitrogens with zero attached hydrogens (tertiary/aromatic N) is 1. The van der Waals surface area contributed by atoms with Crippen LogP contribution in [0, 0.1) is 0 Å². The predicted octanol–water partition coefficient (Wildman–Crippen LogP) is 1.45. The smallest absolute Gasteiger partial charge is 0.335 e. The summed E-state index contributed by atoms with van der Waals surface area (Å²) in [6.45, 7) is 0.670. The van der Waals surface area contributed by atoms with Gasteiger partial charge in [-0.05, 0) is 31.8 Å². The SMILES string of the molecule is [2H]CN(C)Cc1ccc(C(=O)O)cc1. The summed E-state index contributed by atoms with van der Waals surface area (Å²) < 4.78 is 7.10. The lowest BCUT2D eigenvalue weighted by molar-refractivity contribution is 0.0697. The molecule has 1 N–H and O–H groups in total. The third kappa shape index (κ3) is 2.87.